The van der Waals surface area contributed by atoms with E-state index in [1.54, 1.807) is 18.2 Å². The van der Waals surface area contributed by atoms with Gasteiger partial charge in [-0.3, -0.25) is 9.69 Å². The molecule has 0 saturated heterocycles. The normalized spacial score (nSPS) is 11.7. The summed E-state index contributed by atoms with van der Waals surface area (Å²) in [6.45, 7) is 0. The molecule has 0 spiro atoms. The molecule has 1 heterocycles. The highest BCUT2D eigenvalue weighted by Gasteiger charge is 2.27. The summed E-state index contributed by atoms with van der Waals surface area (Å²) in [5.74, 6) is -1.96. The minimum atomic E-state index is -0.885. The number of carbonyl (C=O) groups is 2. The van der Waals surface area contributed by atoms with Crippen LogP contribution in [0.1, 0.15) is 38.3 Å². The molecule has 2 aromatic carbocycles. The van der Waals surface area contributed by atoms with Gasteiger partial charge in [0.05, 0.1) is 18.7 Å². The van der Waals surface area contributed by atoms with Crippen molar-refractivity contribution in [3.63, 3.8) is 0 Å². The van der Waals surface area contributed by atoms with Crippen LogP contribution in [0.25, 0.3) is 0 Å². The minimum Gasteiger partial charge on any atom is -0.464 e. The molecule has 0 amide bonds. The second-order valence-corrected chi connectivity index (χ2v) is 6.65. The van der Waals surface area contributed by atoms with Gasteiger partial charge in [0.15, 0.2) is 5.69 Å². The lowest BCUT2D eigenvalue weighted by molar-refractivity contribution is 0.0583. The zero-order chi connectivity index (χ0) is 21.7. The van der Waals surface area contributed by atoms with Gasteiger partial charge in [-0.2, -0.15) is 0 Å². The van der Waals surface area contributed by atoms with Gasteiger partial charge in [0.25, 0.3) is 5.56 Å². The van der Waals surface area contributed by atoms with Crippen LogP contribution in [0.5, 0.6) is 5.75 Å². The number of nitrogens with one attached hydrogen (secondary N) is 1. The predicted molar refractivity (Wildman–Crippen MR) is 110 cm³/mol. The fourth-order valence-electron chi connectivity index (χ4n) is 3.00. The number of nitrogens with zero attached hydrogens (tertiary/aromatic N) is 2. The molecular weight excluding hydrogens is 386 g/mol. The van der Waals surface area contributed by atoms with Crippen molar-refractivity contribution in [1.29, 1.82) is 0 Å². The third-order valence-electron chi connectivity index (χ3n) is 4.37. The van der Waals surface area contributed by atoms with E-state index in [9.17, 15) is 14.4 Å². The third-order valence-corrected chi connectivity index (χ3v) is 4.37. The van der Waals surface area contributed by atoms with E-state index in [0.717, 1.165) is 12.7 Å². The Balaban J connectivity index is 2.08. The first-order valence-corrected chi connectivity index (χ1v) is 9.13. The van der Waals surface area contributed by atoms with Crippen LogP contribution in [-0.4, -0.2) is 48.0 Å². The van der Waals surface area contributed by atoms with Crippen LogP contribution >= 0.6 is 0 Å². The van der Waals surface area contributed by atoms with Gasteiger partial charge in [0.2, 0.25) is 5.75 Å². The van der Waals surface area contributed by atoms with Crippen molar-refractivity contribution in [3.05, 3.63) is 93.7 Å². The first-order chi connectivity index (χ1) is 14.4. The summed E-state index contributed by atoms with van der Waals surface area (Å²) in [7, 11) is 4.80. The Kier molecular flexibility index (Phi) is 6.38. The number of benzene rings is 2. The van der Waals surface area contributed by atoms with E-state index in [0.29, 0.717) is 0 Å². The maximum atomic E-state index is 12.8. The minimum absolute atomic E-state index is 0.219. The summed E-state index contributed by atoms with van der Waals surface area (Å²) in [5, 5.41) is 0. The first-order valence-electron chi connectivity index (χ1n) is 9.13. The van der Waals surface area contributed by atoms with E-state index in [1.807, 2.05) is 49.3 Å². The highest BCUT2D eigenvalue weighted by molar-refractivity contribution is 5.94. The molecule has 0 bridgehead atoms. The van der Waals surface area contributed by atoms with Crippen LogP contribution in [0.2, 0.25) is 0 Å². The number of esters is 2. The van der Waals surface area contributed by atoms with Gasteiger partial charge in [0, 0.05) is 0 Å². The second kappa shape index (κ2) is 9.15. The van der Waals surface area contributed by atoms with E-state index in [2.05, 4.69) is 9.97 Å². The maximum Gasteiger partial charge on any atom is 0.360 e. The van der Waals surface area contributed by atoms with Crippen LogP contribution in [0.3, 0.4) is 0 Å². The standard InChI is InChI=1S/C22H21N3O5/c1-25(2)17(14-10-6-4-7-11-14)19-23-16(22(28)29-3)18(20(26)24-19)30-21(27)15-12-8-5-9-13-15/h4-13,17H,1-3H3,(H,23,24,26). The largest absolute Gasteiger partial charge is 0.464 e. The fraction of sp³-hybridized carbons (Fsp3) is 0.182. The molecule has 8 heteroatoms. The number of methoxy groups -OCH3 is 1. The Morgan fingerprint density at radius 2 is 1.57 bits per heavy atom. The van der Waals surface area contributed by atoms with Crippen LogP contribution in [-0.2, 0) is 4.74 Å². The molecule has 0 aliphatic carbocycles. The Morgan fingerprint density at radius 3 is 2.13 bits per heavy atom. The summed E-state index contributed by atoms with van der Waals surface area (Å²) in [6.07, 6.45) is 0. The smallest absolute Gasteiger partial charge is 0.360 e. The van der Waals surface area contributed by atoms with E-state index >= 15 is 0 Å². The zero-order valence-corrected chi connectivity index (χ0v) is 16.8. The van der Waals surface area contributed by atoms with E-state index in [-0.39, 0.29) is 17.1 Å². The van der Waals surface area contributed by atoms with Crippen LogP contribution < -0.4 is 10.3 Å². The molecule has 0 saturated carbocycles. The lowest BCUT2D eigenvalue weighted by Gasteiger charge is -2.24. The van der Waals surface area contributed by atoms with Gasteiger partial charge >= 0.3 is 11.9 Å². The van der Waals surface area contributed by atoms with Gasteiger partial charge in [-0.15, -0.1) is 0 Å². The van der Waals surface area contributed by atoms with Crippen LogP contribution in [0, 0.1) is 0 Å². The average Bonchev–Trinajstić information content (AvgIpc) is 2.76. The molecule has 30 heavy (non-hydrogen) atoms. The molecule has 0 fully saturated rings. The van der Waals surface area contributed by atoms with Crippen molar-refractivity contribution in [3.8, 4) is 5.75 Å². The molecule has 3 aromatic rings. The number of hydrogen-bond donors (Lipinski definition) is 1. The van der Waals surface area contributed by atoms with E-state index in [4.69, 9.17) is 9.47 Å². The van der Waals surface area contributed by atoms with Crippen molar-refractivity contribution >= 4 is 11.9 Å². The lowest BCUT2D eigenvalue weighted by atomic mass is 10.1. The monoisotopic (exact) mass is 407 g/mol. The van der Waals surface area contributed by atoms with Crippen molar-refractivity contribution < 1.29 is 19.1 Å². The number of ether oxygens (including phenoxy) is 2. The average molecular weight is 407 g/mol. The van der Waals surface area contributed by atoms with Crippen molar-refractivity contribution in [2.75, 3.05) is 21.2 Å². The molecule has 154 valence electrons. The zero-order valence-electron chi connectivity index (χ0n) is 16.8. The number of rotatable bonds is 6. The molecule has 1 aromatic heterocycles. The van der Waals surface area contributed by atoms with Gasteiger partial charge in [0.1, 0.15) is 5.82 Å². The van der Waals surface area contributed by atoms with E-state index in [1.165, 1.54) is 12.1 Å². The van der Waals surface area contributed by atoms with Crippen molar-refractivity contribution in [2.45, 2.75) is 6.04 Å². The Morgan fingerprint density at radius 1 is 0.967 bits per heavy atom. The summed E-state index contributed by atoms with van der Waals surface area (Å²) in [6, 6.07) is 17.0. The molecular formula is C22H21N3O5. The number of hydrogen-bond acceptors (Lipinski definition) is 7. The SMILES string of the molecule is COC(=O)c1nc(C(c2ccccc2)N(C)C)[nH]c(=O)c1OC(=O)c1ccccc1. The molecule has 8 nitrogen and oxygen atoms in total. The molecule has 1 unspecified atom stereocenters. The number of carbonyl (C=O) groups excluding carboxylic acids is 2. The van der Waals surface area contributed by atoms with Gasteiger partial charge in [-0.1, -0.05) is 48.5 Å². The highest BCUT2D eigenvalue weighted by Crippen LogP contribution is 2.25. The molecule has 1 atom stereocenters. The Labute approximate surface area is 173 Å². The molecule has 0 aliphatic heterocycles. The summed E-state index contributed by atoms with van der Waals surface area (Å²) in [5.41, 5.74) is -0.0430. The number of H-pyrrole nitrogens is 1. The second-order valence-electron chi connectivity index (χ2n) is 6.65. The van der Waals surface area contributed by atoms with Crippen molar-refractivity contribution in [2.24, 2.45) is 0 Å². The fourth-order valence-corrected chi connectivity index (χ4v) is 3.00. The lowest BCUT2D eigenvalue weighted by Crippen LogP contribution is -2.29. The molecule has 3 rings (SSSR count). The molecule has 0 radical (unpaired) electrons. The molecule has 1 N–H and O–H groups in total. The maximum absolute atomic E-state index is 12.8. The number of aromatic amines is 1. The predicted octanol–water partition coefficient (Wildman–Crippen LogP) is 2.43. The Bertz CT molecular complexity index is 1090. The van der Waals surface area contributed by atoms with Gasteiger partial charge < -0.3 is 14.5 Å². The topological polar surface area (TPSA) is 102 Å². The van der Waals surface area contributed by atoms with Crippen LogP contribution in [0.15, 0.2) is 65.5 Å². The van der Waals surface area contributed by atoms with Gasteiger partial charge in [-0.25, -0.2) is 14.6 Å². The van der Waals surface area contributed by atoms with Gasteiger partial charge in [-0.05, 0) is 31.8 Å². The Hall–Kier alpha value is -3.78. The first kappa shape index (κ1) is 20.9. The molecule has 0 aliphatic rings. The quantitative estimate of drug-likeness (QED) is 0.626. The summed E-state index contributed by atoms with van der Waals surface area (Å²) in [4.78, 5) is 46.3. The summed E-state index contributed by atoms with van der Waals surface area (Å²) < 4.78 is 9.99. The third kappa shape index (κ3) is 4.44. The highest BCUT2D eigenvalue weighted by atomic mass is 16.5. The summed E-state index contributed by atoms with van der Waals surface area (Å²) >= 11 is 0. The van der Waals surface area contributed by atoms with E-state index < -0.39 is 29.3 Å². The van der Waals surface area contributed by atoms with Crippen LogP contribution in [0.4, 0.5) is 0 Å². The van der Waals surface area contributed by atoms with Crippen molar-refractivity contribution in [1.82, 2.24) is 14.9 Å². The number of aromatic nitrogens is 2.